The molecule has 2 aliphatic rings. The molecule has 3 rings (SSSR count). The van der Waals surface area contributed by atoms with Crippen molar-refractivity contribution in [1.82, 2.24) is 10.2 Å². The molecule has 2 amide bonds. The summed E-state index contributed by atoms with van der Waals surface area (Å²) >= 11 is 0. The lowest BCUT2D eigenvalue weighted by Gasteiger charge is -2.35. The lowest BCUT2D eigenvalue weighted by Crippen LogP contribution is -2.52. The lowest BCUT2D eigenvalue weighted by molar-refractivity contribution is -0.156. The number of carbonyl (C=O) groups excluding carboxylic acids is 3. The van der Waals surface area contributed by atoms with Gasteiger partial charge in [-0.1, -0.05) is 12.8 Å². The summed E-state index contributed by atoms with van der Waals surface area (Å²) in [7, 11) is 0. The Labute approximate surface area is 225 Å². The first-order valence-corrected chi connectivity index (χ1v) is 13.2. The molecular weight excluding hydrogens is 524 g/mol. The predicted molar refractivity (Wildman–Crippen MR) is 131 cm³/mol. The summed E-state index contributed by atoms with van der Waals surface area (Å²) in [5, 5.41) is 13.3. The van der Waals surface area contributed by atoms with E-state index in [2.05, 4.69) is 5.32 Å². The molecule has 218 valence electrons. The zero-order valence-corrected chi connectivity index (χ0v) is 22.4. The third kappa shape index (κ3) is 8.30. The summed E-state index contributed by atoms with van der Waals surface area (Å²) in [5.41, 5.74) is -0.872. The Hall–Kier alpha value is -2.89. The Kier molecular flexibility index (Phi) is 10.2. The van der Waals surface area contributed by atoms with E-state index in [1.165, 1.54) is 0 Å². The molecule has 0 aromatic heterocycles. The minimum Gasteiger partial charge on any atom is -0.485 e. The van der Waals surface area contributed by atoms with Gasteiger partial charge in [0.25, 0.3) is 0 Å². The van der Waals surface area contributed by atoms with Crippen LogP contribution >= 0.6 is 0 Å². The van der Waals surface area contributed by atoms with Crippen molar-refractivity contribution in [1.29, 1.82) is 0 Å². The molecule has 1 aromatic rings. The van der Waals surface area contributed by atoms with Crippen molar-refractivity contribution < 1.29 is 46.5 Å². The Bertz CT molecular complexity index is 1030. The second-order valence-corrected chi connectivity index (χ2v) is 11.2. The first-order valence-electron chi connectivity index (χ1n) is 13.2. The summed E-state index contributed by atoms with van der Waals surface area (Å²) in [6.45, 7) is 4.70. The van der Waals surface area contributed by atoms with Crippen LogP contribution in [0, 0.1) is 35.1 Å². The second-order valence-electron chi connectivity index (χ2n) is 11.2. The minimum atomic E-state index is -1.79. The smallest absolute Gasteiger partial charge is 0.308 e. The molecule has 1 unspecified atom stereocenters. The number of benzene rings is 1. The molecule has 1 saturated carbocycles. The highest BCUT2D eigenvalue weighted by Crippen LogP contribution is 2.29. The first kappa shape index (κ1) is 30.6. The van der Waals surface area contributed by atoms with Crippen LogP contribution in [0.25, 0.3) is 0 Å². The molecule has 39 heavy (non-hydrogen) atoms. The van der Waals surface area contributed by atoms with Crippen LogP contribution in [0.15, 0.2) is 6.07 Å². The standard InChI is InChI=1S/C27H36F4N2O6/c1-27(2,3)39-21(35)12-19(20(34)14-38-24-22(30)17(28)11-18(29)23(24)31)32-25(36)16-9-6-10-33(13-16)26(37)15-7-4-5-8-15/h11,15-16,19-20,34H,4-10,12-14H2,1-3H3,(H,32,36)/t16-,19+,20?/m1/s1. The fourth-order valence-electron chi connectivity index (χ4n) is 4.93. The average Bonchev–Trinajstić information content (AvgIpc) is 3.40. The van der Waals surface area contributed by atoms with Gasteiger partial charge < -0.3 is 24.8 Å². The van der Waals surface area contributed by atoms with Crippen molar-refractivity contribution in [2.75, 3.05) is 19.7 Å². The highest BCUT2D eigenvalue weighted by Gasteiger charge is 2.35. The van der Waals surface area contributed by atoms with Crippen molar-refractivity contribution in [2.24, 2.45) is 11.8 Å². The summed E-state index contributed by atoms with van der Waals surface area (Å²) in [5.74, 6) is -10.3. The van der Waals surface area contributed by atoms with Crippen molar-refractivity contribution in [2.45, 2.75) is 83.5 Å². The zero-order chi connectivity index (χ0) is 28.9. The van der Waals surface area contributed by atoms with E-state index in [0.717, 1.165) is 25.7 Å². The quantitative estimate of drug-likeness (QED) is 0.272. The van der Waals surface area contributed by atoms with Gasteiger partial charge in [-0.3, -0.25) is 14.4 Å². The Morgan fingerprint density at radius 2 is 1.62 bits per heavy atom. The van der Waals surface area contributed by atoms with E-state index in [1.54, 1.807) is 25.7 Å². The first-order chi connectivity index (χ1) is 18.3. The average molecular weight is 561 g/mol. The molecule has 1 aliphatic heterocycles. The molecule has 8 nitrogen and oxygen atoms in total. The molecule has 2 N–H and O–H groups in total. The molecule has 1 saturated heterocycles. The van der Waals surface area contributed by atoms with Gasteiger partial charge in [0.15, 0.2) is 17.4 Å². The summed E-state index contributed by atoms with van der Waals surface area (Å²) in [6, 6.07) is -1.30. The van der Waals surface area contributed by atoms with Gasteiger partial charge in [0.1, 0.15) is 18.3 Å². The molecule has 12 heteroatoms. The van der Waals surface area contributed by atoms with Crippen LogP contribution in [0.2, 0.25) is 0 Å². The topological polar surface area (TPSA) is 105 Å². The van der Waals surface area contributed by atoms with Crippen LogP contribution in [-0.4, -0.2) is 65.2 Å². The van der Waals surface area contributed by atoms with Gasteiger partial charge in [-0.15, -0.1) is 0 Å². The van der Waals surface area contributed by atoms with Crippen molar-refractivity contribution in [3.8, 4) is 5.75 Å². The van der Waals surface area contributed by atoms with Crippen LogP contribution < -0.4 is 10.1 Å². The second kappa shape index (κ2) is 13.0. The number of piperidine rings is 1. The summed E-state index contributed by atoms with van der Waals surface area (Å²) in [4.78, 5) is 40.2. The number of nitrogens with zero attached hydrogens (tertiary/aromatic N) is 1. The number of aliphatic hydroxyl groups excluding tert-OH is 1. The number of halogens is 4. The fraction of sp³-hybridized carbons (Fsp3) is 0.667. The van der Waals surface area contributed by atoms with Gasteiger partial charge >= 0.3 is 5.97 Å². The molecule has 1 aliphatic carbocycles. The highest BCUT2D eigenvalue weighted by atomic mass is 19.2. The number of hydrogen-bond donors (Lipinski definition) is 2. The minimum absolute atomic E-state index is 0.0183. The SMILES string of the molecule is CC(C)(C)OC(=O)C[C@H](NC(=O)[C@@H]1CCCN(C(=O)C2CCCC2)C1)C(O)COc1c(F)c(F)cc(F)c1F. The van der Waals surface area contributed by atoms with Gasteiger partial charge in [-0.2, -0.15) is 8.78 Å². The van der Waals surface area contributed by atoms with Crippen molar-refractivity contribution >= 4 is 17.8 Å². The normalized spacial score (nSPS) is 19.9. The van der Waals surface area contributed by atoms with E-state index in [-0.39, 0.29) is 24.4 Å². The zero-order valence-electron chi connectivity index (χ0n) is 22.4. The molecule has 1 aromatic carbocycles. The van der Waals surface area contributed by atoms with Crippen LogP contribution in [0.1, 0.15) is 65.7 Å². The molecule has 0 spiro atoms. The van der Waals surface area contributed by atoms with Crippen molar-refractivity contribution in [3.63, 3.8) is 0 Å². The number of esters is 1. The predicted octanol–water partition coefficient (Wildman–Crippen LogP) is 3.63. The van der Waals surface area contributed by atoms with Gasteiger partial charge in [0.05, 0.1) is 18.4 Å². The van der Waals surface area contributed by atoms with Gasteiger partial charge in [-0.05, 0) is 46.5 Å². The number of carbonyl (C=O) groups is 3. The third-order valence-electron chi connectivity index (χ3n) is 6.88. The van der Waals surface area contributed by atoms with E-state index in [0.29, 0.717) is 19.4 Å². The van der Waals surface area contributed by atoms with Crippen LogP contribution in [0.5, 0.6) is 5.75 Å². The maximum atomic E-state index is 14.0. The number of aliphatic hydroxyl groups is 1. The monoisotopic (exact) mass is 560 g/mol. The molecule has 0 bridgehead atoms. The number of nitrogens with one attached hydrogen (secondary N) is 1. The fourth-order valence-corrected chi connectivity index (χ4v) is 4.93. The molecule has 3 atom stereocenters. The van der Waals surface area contributed by atoms with Gasteiger partial charge in [-0.25, -0.2) is 8.78 Å². The number of likely N-dealkylation sites (tertiary alicyclic amines) is 1. The third-order valence-corrected chi connectivity index (χ3v) is 6.88. The molecule has 1 heterocycles. The van der Waals surface area contributed by atoms with Crippen LogP contribution in [0.4, 0.5) is 17.6 Å². The van der Waals surface area contributed by atoms with E-state index in [9.17, 15) is 37.1 Å². The largest absolute Gasteiger partial charge is 0.485 e. The van der Waals surface area contributed by atoms with Crippen LogP contribution in [0.3, 0.4) is 0 Å². The number of amides is 2. The summed E-state index contributed by atoms with van der Waals surface area (Å²) < 4.78 is 65.2. The maximum Gasteiger partial charge on any atom is 0.308 e. The van der Waals surface area contributed by atoms with Gasteiger partial charge in [0.2, 0.25) is 23.4 Å². The van der Waals surface area contributed by atoms with E-state index in [1.807, 2.05) is 0 Å². The van der Waals surface area contributed by atoms with E-state index in [4.69, 9.17) is 9.47 Å². The van der Waals surface area contributed by atoms with Crippen LogP contribution in [-0.2, 0) is 19.1 Å². The highest BCUT2D eigenvalue weighted by molar-refractivity contribution is 5.83. The maximum absolute atomic E-state index is 14.0. The van der Waals surface area contributed by atoms with Gasteiger partial charge in [0, 0.05) is 25.1 Å². The van der Waals surface area contributed by atoms with Crippen molar-refractivity contribution in [3.05, 3.63) is 29.3 Å². The van der Waals surface area contributed by atoms with E-state index >= 15 is 0 Å². The number of rotatable bonds is 9. The van der Waals surface area contributed by atoms with E-state index < -0.39 is 77.6 Å². The summed E-state index contributed by atoms with van der Waals surface area (Å²) in [6.07, 6.45) is 2.49. The Morgan fingerprint density at radius 3 is 2.21 bits per heavy atom. The Morgan fingerprint density at radius 1 is 1.03 bits per heavy atom. The Balaban J connectivity index is 1.70. The lowest BCUT2D eigenvalue weighted by atomic mass is 9.94. The number of hydrogen-bond acceptors (Lipinski definition) is 6. The molecular formula is C27H36F4N2O6. The molecule has 0 radical (unpaired) electrons. The number of ether oxygens (including phenoxy) is 2. The molecule has 2 fully saturated rings.